The predicted molar refractivity (Wildman–Crippen MR) is 99.1 cm³/mol. The van der Waals surface area contributed by atoms with E-state index in [2.05, 4.69) is 5.32 Å². The van der Waals surface area contributed by atoms with Crippen molar-refractivity contribution in [3.05, 3.63) is 53.1 Å². The van der Waals surface area contributed by atoms with Gasteiger partial charge in [-0.05, 0) is 49.2 Å². The van der Waals surface area contributed by atoms with E-state index >= 15 is 0 Å². The van der Waals surface area contributed by atoms with Crippen LogP contribution < -0.4 is 14.8 Å². The number of carbonyl (C=O) groups is 2. The van der Waals surface area contributed by atoms with Crippen LogP contribution >= 0.6 is 0 Å². The Kier molecular flexibility index (Phi) is 6.65. The standard InChI is InChI=1S/C20H23NO6/c1-12-5-7-15(16(22)9-12)20(24)27-13(2)19(23)21-11-14-6-8-17(25-3)18(10-14)26-4/h5-10,13,22H,11H2,1-4H3,(H,21,23)/t13-/m1/s1. The smallest absolute Gasteiger partial charge is 0.342 e. The normalized spacial score (nSPS) is 11.4. The molecule has 7 heteroatoms. The van der Waals surface area contributed by atoms with Gasteiger partial charge >= 0.3 is 5.97 Å². The molecule has 0 aliphatic carbocycles. The van der Waals surface area contributed by atoms with Gasteiger partial charge < -0.3 is 24.6 Å². The molecule has 7 nitrogen and oxygen atoms in total. The average Bonchev–Trinajstić information content (AvgIpc) is 2.65. The van der Waals surface area contributed by atoms with Crippen LogP contribution in [-0.4, -0.2) is 37.3 Å². The molecule has 0 saturated heterocycles. The number of amides is 1. The molecule has 2 rings (SSSR count). The van der Waals surface area contributed by atoms with Crippen LogP contribution in [0.3, 0.4) is 0 Å². The van der Waals surface area contributed by atoms with E-state index in [1.807, 2.05) is 0 Å². The Morgan fingerprint density at radius 2 is 1.78 bits per heavy atom. The number of aryl methyl sites for hydroxylation is 1. The molecule has 2 aromatic rings. The number of methoxy groups -OCH3 is 2. The van der Waals surface area contributed by atoms with Crippen LogP contribution in [0.15, 0.2) is 36.4 Å². The summed E-state index contributed by atoms with van der Waals surface area (Å²) in [6.45, 7) is 3.49. The molecule has 0 saturated carbocycles. The van der Waals surface area contributed by atoms with Gasteiger partial charge in [0, 0.05) is 6.54 Å². The van der Waals surface area contributed by atoms with Crippen molar-refractivity contribution in [3.8, 4) is 17.2 Å². The first-order valence-electron chi connectivity index (χ1n) is 8.35. The first-order chi connectivity index (χ1) is 12.8. The van der Waals surface area contributed by atoms with Crippen molar-refractivity contribution in [2.45, 2.75) is 26.5 Å². The number of phenolic OH excluding ortho intramolecular Hbond substituents is 1. The number of carbonyl (C=O) groups excluding carboxylic acids is 2. The van der Waals surface area contributed by atoms with E-state index in [9.17, 15) is 14.7 Å². The summed E-state index contributed by atoms with van der Waals surface area (Å²) in [7, 11) is 3.07. The summed E-state index contributed by atoms with van der Waals surface area (Å²) in [6.07, 6.45) is -1.02. The molecular formula is C20H23NO6. The number of hydrogen-bond acceptors (Lipinski definition) is 6. The lowest BCUT2D eigenvalue weighted by atomic mass is 10.1. The molecule has 1 atom stereocenters. The number of rotatable bonds is 7. The van der Waals surface area contributed by atoms with Crippen LogP contribution in [0.2, 0.25) is 0 Å². The van der Waals surface area contributed by atoms with E-state index < -0.39 is 18.0 Å². The molecule has 0 unspecified atom stereocenters. The largest absolute Gasteiger partial charge is 0.507 e. The lowest BCUT2D eigenvalue weighted by molar-refractivity contribution is -0.129. The van der Waals surface area contributed by atoms with Crippen molar-refractivity contribution in [1.29, 1.82) is 0 Å². The van der Waals surface area contributed by atoms with Gasteiger partial charge in [0.05, 0.1) is 14.2 Å². The highest BCUT2D eigenvalue weighted by Crippen LogP contribution is 2.27. The highest BCUT2D eigenvalue weighted by atomic mass is 16.5. The van der Waals surface area contributed by atoms with Crippen molar-refractivity contribution in [2.24, 2.45) is 0 Å². The van der Waals surface area contributed by atoms with E-state index in [0.717, 1.165) is 11.1 Å². The van der Waals surface area contributed by atoms with Gasteiger partial charge in [-0.3, -0.25) is 4.79 Å². The lowest BCUT2D eigenvalue weighted by Crippen LogP contribution is -2.35. The van der Waals surface area contributed by atoms with Crippen LogP contribution in [0.1, 0.15) is 28.4 Å². The zero-order valence-corrected chi connectivity index (χ0v) is 15.7. The molecule has 0 bridgehead atoms. The van der Waals surface area contributed by atoms with Gasteiger partial charge in [0.2, 0.25) is 0 Å². The minimum atomic E-state index is -1.02. The SMILES string of the molecule is COc1ccc(CNC(=O)[C@@H](C)OC(=O)c2ccc(C)cc2O)cc1OC. The highest BCUT2D eigenvalue weighted by Gasteiger charge is 2.21. The zero-order chi connectivity index (χ0) is 20.0. The van der Waals surface area contributed by atoms with Crippen molar-refractivity contribution < 1.29 is 28.9 Å². The fourth-order valence-corrected chi connectivity index (χ4v) is 2.42. The number of esters is 1. The molecule has 1 amide bonds. The molecule has 0 fully saturated rings. The minimum absolute atomic E-state index is 0.0140. The van der Waals surface area contributed by atoms with E-state index in [1.165, 1.54) is 26.2 Å². The summed E-state index contributed by atoms with van der Waals surface area (Å²) < 4.78 is 15.5. The van der Waals surface area contributed by atoms with Gasteiger partial charge in [0.15, 0.2) is 17.6 Å². The van der Waals surface area contributed by atoms with E-state index in [0.29, 0.717) is 11.5 Å². The fourth-order valence-electron chi connectivity index (χ4n) is 2.42. The van der Waals surface area contributed by atoms with E-state index in [4.69, 9.17) is 14.2 Å². The molecule has 2 aromatic carbocycles. The Morgan fingerprint density at radius 3 is 2.41 bits per heavy atom. The molecule has 0 aliphatic heterocycles. The van der Waals surface area contributed by atoms with Crippen LogP contribution in [0.25, 0.3) is 0 Å². The Labute approximate surface area is 157 Å². The Morgan fingerprint density at radius 1 is 1.07 bits per heavy atom. The van der Waals surface area contributed by atoms with Gasteiger partial charge in [-0.25, -0.2) is 4.79 Å². The zero-order valence-electron chi connectivity index (χ0n) is 15.7. The van der Waals surface area contributed by atoms with Crippen LogP contribution in [0.4, 0.5) is 0 Å². The first-order valence-corrected chi connectivity index (χ1v) is 8.35. The second kappa shape index (κ2) is 8.93. The Balaban J connectivity index is 1.94. The van der Waals surface area contributed by atoms with Crippen molar-refractivity contribution in [3.63, 3.8) is 0 Å². The summed E-state index contributed by atoms with van der Waals surface area (Å²) in [5.41, 5.74) is 1.63. The molecule has 0 heterocycles. The third kappa shape index (κ3) is 5.13. The van der Waals surface area contributed by atoms with Crippen molar-refractivity contribution in [2.75, 3.05) is 14.2 Å². The predicted octanol–water partition coefficient (Wildman–Crippen LogP) is 2.58. The maximum Gasteiger partial charge on any atom is 0.342 e. The third-order valence-electron chi connectivity index (χ3n) is 3.94. The molecule has 0 radical (unpaired) electrons. The Hall–Kier alpha value is -3.22. The van der Waals surface area contributed by atoms with E-state index in [1.54, 1.807) is 38.3 Å². The molecule has 0 aliphatic rings. The first kappa shape index (κ1) is 20.1. The fraction of sp³-hybridized carbons (Fsp3) is 0.300. The number of aromatic hydroxyl groups is 1. The third-order valence-corrected chi connectivity index (χ3v) is 3.94. The van der Waals surface area contributed by atoms with Crippen molar-refractivity contribution >= 4 is 11.9 Å². The molecule has 0 aromatic heterocycles. The highest BCUT2D eigenvalue weighted by molar-refractivity contribution is 5.94. The molecular weight excluding hydrogens is 350 g/mol. The van der Waals surface area contributed by atoms with Gasteiger partial charge in [-0.15, -0.1) is 0 Å². The molecule has 144 valence electrons. The molecule has 0 spiro atoms. The molecule has 2 N–H and O–H groups in total. The summed E-state index contributed by atoms with van der Waals surface area (Å²) in [6, 6.07) is 9.88. The monoisotopic (exact) mass is 373 g/mol. The van der Waals surface area contributed by atoms with E-state index in [-0.39, 0.29) is 17.9 Å². The summed E-state index contributed by atoms with van der Waals surface area (Å²) >= 11 is 0. The number of nitrogens with one attached hydrogen (secondary N) is 1. The number of ether oxygens (including phenoxy) is 3. The minimum Gasteiger partial charge on any atom is -0.507 e. The Bertz CT molecular complexity index is 833. The maximum absolute atomic E-state index is 12.2. The molecule has 27 heavy (non-hydrogen) atoms. The summed E-state index contributed by atoms with van der Waals surface area (Å²) in [5, 5.41) is 12.5. The van der Waals surface area contributed by atoms with Gasteiger partial charge in [0.1, 0.15) is 11.3 Å². The topological polar surface area (TPSA) is 94.1 Å². The maximum atomic E-state index is 12.2. The number of benzene rings is 2. The summed E-state index contributed by atoms with van der Waals surface area (Å²) in [5.74, 6) is -0.254. The second-order valence-electron chi connectivity index (χ2n) is 5.98. The van der Waals surface area contributed by atoms with Gasteiger partial charge in [0.25, 0.3) is 5.91 Å². The number of phenols is 1. The quantitative estimate of drug-likeness (QED) is 0.725. The van der Waals surface area contributed by atoms with Gasteiger partial charge in [-0.2, -0.15) is 0 Å². The lowest BCUT2D eigenvalue weighted by Gasteiger charge is -2.15. The number of hydrogen-bond donors (Lipinski definition) is 2. The average molecular weight is 373 g/mol. The van der Waals surface area contributed by atoms with Crippen LogP contribution in [-0.2, 0) is 16.1 Å². The van der Waals surface area contributed by atoms with Crippen LogP contribution in [0.5, 0.6) is 17.2 Å². The summed E-state index contributed by atoms with van der Waals surface area (Å²) in [4.78, 5) is 24.3. The second-order valence-corrected chi connectivity index (χ2v) is 5.98. The van der Waals surface area contributed by atoms with Crippen LogP contribution in [0, 0.1) is 6.92 Å². The van der Waals surface area contributed by atoms with Gasteiger partial charge in [-0.1, -0.05) is 12.1 Å². The van der Waals surface area contributed by atoms with Crippen molar-refractivity contribution in [1.82, 2.24) is 5.32 Å².